The molecule has 0 aliphatic heterocycles. The third-order valence-corrected chi connectivity index (χ3v) is 2.30. The molecule has 0 aromatic heterocycles. The van der Waals surface area contributed by atoms with Crippen molar-refractivity contribution in [1.82, 2.24) is 4.90 Å². The summed E-state index contributed by atoms with van der Waals surface area (Å²) in [5.41, 5.74) is 0.941. The topological polar surface area (TPSA) is 15.6 Å². The highest BCUT2D eigenvalue weighted by molar-refractivity contribution is 6.30. The molecule has 1 rings (SSSR count). The predicted octanol–water partition coefficient (Wildman–Crippen LogP) is 3.59. The summed E-state index contributed by atoms with van der Waals surface area (Å²) in [6, 6.07) is 7.56. The minimum Gasteiger partial charge on any atom is -0.366 e. The van der Waals surface area contributed by atoms with Crippen LogP contribution >= 0.6 is 11.6 Å². The first-order valence-electron chi connectivity index (χ1n) is 5.02. The van der Waals surface area contributed by atoms with E-state index < -0.39 is 0 Å². The average Bonchev–Trinajstić information content (AvgIpc) is 2.15. The van der Waals surface area contributed by atoms with Gasteiger partial charge in [0.05, 0.1) is 5.69 Å². The Morgan fingerprint density at radius 2 is 1.73 bits per heavy atom. The van der Waals surface area contributed by atoms with Crippen LogP contribution in [0.15, 0.2) is 29.3 Å². The Hall–Kier alpha value is -1.02. The number of hydrogen-bond acceptors (Lipinski definition) is 1. The van der Waals surface area contributed by atoms with Gasteiger partial charge in [0, 0.05) is 25.0 Å². The average molecular weight is 225 g/mol. The second kappa shape index (κ2) is 5.17. The van der Waals surface area contributed by atoms with Gasteiger partial charge in [-0.25, -0.2) is 4.99 Å². The van der Waals surface area contributed by atoms with Crippen LogP contribution in [0.25, 0.3) is 0 Å². The molecule has 0 unspecified atom stereocenters. The molecule has 0 radical (unpaired) electrons. The van der Waals surface area contributed by atoms with Crippen LogP contribution in [0, 0.1) is 5.92 Å². The van der Waals surface area contributed by atoms with Crippen molar-refractivity contribution in [3.63, 3.8) is 0 Å². The maximum atomic E-state index is 5.81. The Balaban J connectivity index is 2.97. The zero-order valence-corrected chi connectivity index (χ0v) is 10.4. The van der Waals surface area contributed by atoms with E-state index in [0.717, 1.165) is 16.5 Å². The fourth-order valence-corrected chi connectivity index (χ4v) is 1.52. The molecule has 0 saturated heterocycles. The molecule has 1 aromatic rings. The van der Waals surface area contributed by atoms with E-state index >= 15 is 0 Å². The molecule has 0 atom stereocenters. The fourth-order valence-electron chi connectivity index (χ4n) is 1.39. The lowest BCUT2D eigenvalue weighted by Gasteiger charge is -2.18. The number of halogens is 1. The van der Waals surface area contributed by atoms with Gasteiger partial charge in [-0.05, 0) is 24.3 Å². The summed E-state index contributed by atoms with van der Waals surface area (Å²) < 4.78 is 0. The summed E-state index contributed by atoms with van der Waals surface area (Å²) >= 11 is 5.81. The maximum absolute atomic E-state index is 5.81. The van der Waals surface area contributed by atoms with E-state index in [-0.39, 0.29) is 0 Å². The van der Waals surface area contributed by atoms with Crippen molar-refractivity contribution in [2.24, 2.45) is 10.9 Å². The van der Waals surface area contributed by atoms with Crippen molar-refractivity contribution >= 4 is 23.1 Å². The first kappa shape index (κ1) is 12.1. The molecule has 0 aliphatic carbocycles. The van der Waals surface area contributed by atoms with Crippen LogP contribution in [0.2, 0.25) is 5.02 Å². The molecule has 0 heterocycles. The number of aliphatic imine (C=N–C) groups is 1. The standard InChI is InChI=1S/C12H17ClN2/c1-9(2)12(15(3)4)14-11-7-5-10(13)6-8-11/h5-9H,1-4H3. The second-order valence-corrected chi connectivity index (χ2v) is 4.43. The molecule has 82 valence electrons. The number of nitrogens with zero attached hydrogens (tertiary/aromatic N) is 2. The fraction of sp³-hybridized carbons (Fsp3) is 0.417. The van der Waals surface area contributed by atoms with Crippen LogP contribution in [-0.2, 0) is 0 Å². The number of hydrogen-bond donors (Lipinski definition) is 0. The van der Waals surface area contributed by atoms with E-state index in [1.807, 2.05) is 43.3 Å². The van der Waals surface area contributed by atoms with Crippen molar-refractivity contribution in [2.75, 3.05) is 14.1 Å². The van der Waals surface area contributed by atoms with Gasteiger partial charge in [-0.3, -0.25) is 0 Å². The van der Waals surface area contributed by atoms with Gasteiger partial charge in [-0.15, -0.1) is 0 Å². The summed E-state index contributed by atoms with van der Waals surface area (Å²) in [7, 11) is 4.02. The SMILES string of the molecule is CC(C)C(=Nc1ccc(Cl)cc1)N(C)C. The molecular weight excluding hydrogens is 208 g/mol. The first-order valence-corrected chi connectivity index (χ1v) is 5.40. The van der Waals surface area contributed by atoms with Gasteiger partial charge in [-0.2, -0.15) is 0 Å². The summed E-state index contributed by atoms with van der Waals surface area (Å²) in [6.07, 6.45) is 0. The highest BCUT2D eigenvalue weighted by atomic mass is 35.5. The third-order valence-electron chi connectivity index (χ3n) is 2.04. The Morgan fingerprint density at radius 1 is 1.20 bits per heavy atom. The summed E-state index contributed by atoms with van der Waals surface area (Å²) in [5.74, 6) is 1.48. The van der Waals surface area contributed by atoms with Crippen molar-refractivity contribution in [3.05, 3.63) is 29.3 Å². The quantitative estimate of drug-likeness (QED) is 0.554. The lowest BCUT2D eigenvalue weighted by atomic mass is 10.2. The molecule has 1 aromatic carbocycles. The van der Waals surface area contributed by atoms with Crippen LogP contribution in [-0.4, -0.2) is 24.8 Å². The molecule has 0 saturated carbocycles. The van der Waals surface area contributed by atoms with Crippen LogP contribution in [0.1, 0.15) is 13.8 Å². The molecule has 0 spiro atoms. The van der Waals surface area contributed by atoms with Gasteiger partial charge < -0.3 is 4.90 Å². The van der Waals surface area contributed by atoms with Crippen molar-refractivity contribution < 1.29 is 0 Å². The van der Waals surface area contributed by atoms with E-state index in [0.29, 0.717) is 5.92 Å². The summed E-state index contributed by atoms with van der Waals surface area (Å²) in [5, 5.41) is 0.741. The normalized spacial score (nSPS) is 12.0. The van der Waals surface area contributed by atoms with Crippen molar-refractivity contribution in [1.29, 1.82) is 0 Å². The van der Waals surface area contributed by atoms with Gasteiger partial charge in [0.15, 0.2) is 0 Å². The summed E-state index contributed by atoms with van der Waals surface area (Å²) in [6.45, 7) is 4.27. The van der Waals surface area contributed by atoms with Gasteiger partial charge in [0.25, 0.3) is 0 Å². The Bertz CT molecular complexity index is 329. The maximum Gasteiger partial charge on any atom is 0.107 e. The monoisotopic (exact) mass is 224 g/mol. The van der Waals surface area contributed by atoms with Crippen LogP contribution in [0.4, 0.5) is 5.69 Å². The lowest BCUT2D eigenvalue weighted by Crippen LogP contribution is -2.26. The number of benzene rings is 1. The molecule has 2 nitrogen and oxygen atoms in total. The Labute approximate surface area is 96.6 Å². The molecular formula is C12H17ClN2. The van der Waals surface area contributed by atoms with Crippen LogP contribution < -0.4 is 0 Å². The highest BCUT2D eigenvalue weighted by Gasteiger charge is 2.07. The van der Waals surface area contributed by atoms with Crippen molar-refractivity contribution in [3.8, 4) is 0 Å². The smallest absolute Gasteiger partial charge is 0.107 e. The minimum atomic E-state index is 0.413. The van der Waals surface area contributed by atoms with Gasteiger partial charge in [-0.1, -0.05) is 25.4 Å². The van der Waals surface area contributed by atoms with Crippen LogP contribution in [0.3, 0.4) is 0 Å². The summed E-state index contributed by atoms with van der Waals surface area (Å²) in [4.78, 5) is 6.62. The molecule has 15 heavy (non-hydrogen) atoms. The number of rotatable bonds is 2. The zero-order valence-electron chi connectivity index (χ0n) is 9.66. The largest absolute Gasteiger partial charge is 0.366 e. The highest BCUT2D eigenvalue weighted by Crippen LogP contribution is 2.18. The van der Waals surface area contributed by atoms with Crippen molar-refractivity contribution in [2.45, 2.75) is 13.8 Å². The molecule has 0 bridgehead atoms. The molecule has 0 amide bonds. The molecule has 0 N–H and O–H groups in total. The van der Waals surface area contributed by atoms with Gasteiger partial charge in [0.2, 0.25) is 0 Å². The minimum absolute atomic E-state index is 0.413. The van der Waals surface area contributed by atoms with Crippen LogP contribution in [0.5, 0.6) is 0 Å². The van der Waals surface area contributed by atoms with E-state index in [4.69, 9.17) is 11.6 Å². The molecule has 0 aliphatic rings. The number of amidine groups is 1. The zero-order chi connectivity index (χ0) is 11.4. The van der Waals surface area contributed by atoms with Gasteiger partial charge >= 0.3 is 0 Å². The molecule has 3 heteroatoms. The van der Waals surface area contributed by atoms with Gasteiger partial charge in [0.1, 0.15) is 5.84 Å². The molecule has 0 fully saturated rings. The first-order chi connectivity index (χ1) is 7.00. The predicted molar refractivity (Wildman–Crippen MR) is 67.1 cm³/mol. The second-order valence-electron chi connectivity index (χ2n) is 4.00. The van der Waals surface area contributed by atoms with E-state index in [1.54, 1.807) is 0 Å². The van der Waals surface area contributed by atoms with E-state index in [1.165, 1.54) is 0 Å². The lowest BCUT2D eigenvalue weighted by molar-refractivity contribution is 0.575. The third kappa shape index (κ3) is 3.56. The van der Waals surface area contributed by atoms with E-state index in [9.17, 15) is 0 Å². The Kier molecular flexibility index (Phi) is 4.15. The van der Waals surface area contributed by atoms with E-state index in [2.05, 4.69) is 18.8 Å². The Morgan fingerprint density at radius 3 is 2.13 bits per heavy atom.